The average molecular weight is 270 g/mol. The van der Waals surface area contributed by atoms with Crippen LogP contribution >= 0.6 is 11.6 Å². The Morgan fingerprint density at radius 1 is 1.33 bits per heavy atom. The van der Waals surface area contributed by atoms with Gasteiger partial charge in [0.05, 0.1) is 11.6 Å². The first kappa shape index (κ1) is 15.3. The highest BCUT2D eigenvalue weighted by Gasteiger charge is 2.05. The predicted octanol–water partition coefficient (Wildman–Crippen LogP) is 4.26. The number of hydrogen-bond acceptors (Lipinski definition) is 2. The molecule has 1 atom stereocenters. The lowest BCUT2D eigenvalue weighted by molar-refractivity contribution is 0.256. The summed E-state index contributed by atoms with van der Waals surface area (Å²) < 4.78 is 5.72. The molecule has 3 heteroatoms. The molecular formula is C15H24ClNO. The Morgan fingerprint density at radius 2 is 2.11 bits per heavy atom. The van der Waals surface area contributed by atoms with Crippen LogP contribution in [0.5, 0.6) is 5.75 Å². The molecule has 0 fully saturated rings. The molecule has 0 saturated heterocycles. The largest absolute Gasteiger partial charge is 0.492 e. The second kappa shape index (κ2) is 8.39. The average Bonchev–Trinajstić information content (AvgIpc) is 2.37. The molecule has 2 nitrogen and oxygen atoms in total. The number of hydrogen-bond donors (Lipinski definition) is 1. The van der Waals surface area contributed by atoms with Crippen LogP contribution in [0.3, 0.4) is 0 Å². The summed E-state index contributed by atoms with van der Waals surface area (Å²) in [6.07, 6.45) is 2.26. The second-order valence-corrected chi connectivity index (χ2v) is 5.17. The van der Waals surface area contributed by atoms with Gasteiger partial charge in [-0.05, 0) is 36.6 Å². The summed E-state index contributed by atoms with van der Waals surface area (Å²) >= 11 is 6.22. The maximum absolute atomic E-state index is 6.22. The van der Waals surface area contributed by atoms with Gasteiger partial charge >= 0.3 is 0 Å². The van der Waals surface area contributed by atoms with E-state index in [4.69, 9.17) is 16.3 Å². The van der Waals surface area contributed by atoms with E-state index in [0.29, 0.717) is 10.9 Å². The van der Waals surface area contributed by atoms with E-state index >= 15 is 0 Å². The van der Waals surface area contributed by atoms with Crippen LogP contribution in [0.25, 0.3) is 0 Å². The number of rotatable bonds is 8. The van der Waals surface area contributed by atoms with E-state index in [0.717, 1.165) is 38.3 Å². The first-order chi connectivity index (χ1) is 8.67. The van der Waals surface area contributed by atoms with E-state index in [-0.39, 0.29) is 0 Å². The zero-order chi connectivity index (χ0) is 13.4. The van der Waals surface area contributed by atoms with E-state index in [1.165, 1.54) is 5.56 Å². The lowest BCUT2D eigenvalue weighted by Gasteiger charge is -2.13. The van der Waals surface area contributed by atoms with Crippen LogP contribution in [-0.2, 0) is 6.54 Å². The minimum absolute atomic E-state index is 0.562. The number of benzene rings is 1. The van der Waals surface area contributed by atoms with Crippen LogP contribution in [0.1, 0.15) is 39.2 Å². The van der Waals surface area contributed by atoms with Crippen molar-refractivity contribution in [1.29, 1.82) is 0 Å². The zero-order valence-corrected chi connectivity index (χ0v) is 12.4. The Hall–Kier alpha value is -0.730. The maximum atomic E-state index is 6.22. The van der Waals surface area contributed by atoms with Gasteiger partial charge in [-0.1, -0.05) is 44.9 Å². The van der Waals surface area contributed by atoms with E-state index in [1.807, 2.05) is 12.1 Å². The molecule has 1 unspecified atom stereocenters. The van der Waals surface area contributed by atoms with Gasteiger partial charge in [0.15, 0.2) is 0 Å². The van der Waals surface area contributed by atoms with Gasteiger partial charge in [-0.25, -0.2) is 0 Å². The minimum Gasteiger partial charge on any atom is -0.492 e. The smallest absolute Gasteiger partial charge is 0.137 e. The molecule has 1 aromatic carbocycles. The fourth-order valence-corrected chi connectivity index (χ4v) is 1.79. The highest BCUT2D eigenvalue weighted by molar-refractivity contribution is 6.32. The van der Waals surface area contributed by atoms with Crippen molar-refractivity contribution in [3.8, 4) is 5.75 Å². The summed E-state index contributed by atoms with van der Waals surface area (Å²) in [4.78, 5) is 0. The third kappa shape index (κ3) is 5.28. The van der Waals surface area contributed by atoms with E-state index < -0.39 is 0 Å². The van der Waals surface area contributed by atoms with Crippen molar-refractivity contribution in [2.24, 2.45) is 5.92 Å². The Kier molecular flexibility index (Phi) is 7.14. The molecule has 0 aromatic heterocycles. The second-order valence-electron chi connectivity index (χ2n) is 4.77. The van der Waals surface area contributed by atoms with Crippen molar-refractivity contribution in [2.75, 3.05) is 13.2 Å². The lowest BCUT2D eigenvalue weighted by Crippen LogP contribution is -2.13. The van der Waals surface area contributed by atoms with E-state index in [2.05, 4.69) is 32.2 Å². The van der Waals surface area contributed by atoms with Crippen molar-refractivity contribution in [3.05, 3.63) is 28.8 Å². The molecule has 0 aliphatic carbocycles. The molecule has 0 aliphatic heterocycles. The monoisotopic (exact) mass is 269 g/mol. The highest BCUT2D eigenvalue weighted by Crippen LogP contribution is 2.26. The molecule has 0 bridgehead atoms. The van der Waals surface area contributed by atoms with Crippen molar-refractivity contribution < 1.29 is 4.74 Å². The van der Waals surface area contributed by atoms with Crippen LogP contribution in [0.4, 0.5) is 0 Å². The lowest BCUT2D eigenvalue weighted by atomic mass is 10.1. The Bertz CT molecular complexity index is 354. The Morgan fingerprint density at radius 3 is 2.72 bits per heavy atom. The molecular weight excluding hydrogens is 246 g/mol. The molecule has 0 spiro atoms. The predicted molar refractivity (Wildman–Crippen MR) is 78.4 cm³/mol. The van der Waals surface area contributed by atoms with Gasteiger partial charge in [-0.15, -0.1) is 0 Å². The van der Waals surface area contributed by atoms with E-state index in [1.54, 1.807) is 0 Å². The summed E-state index contributed by atoms with van der Waals surface area (Å²) in [7, 11) is 0. The summed E-state index contributed by atoms with van der Waals surface area (Å²) in [6, 6.07) is 6.02. The van der Waals surface area contributed by atoms with Crippen molar-refractivity contribution in [3.63, 3.8) is 0 Å². The highest BCUT2D eigenvalue weighted by atomic mass is 35.5. The van der Waals surface area contributed by atoms with Gasteiger partial charge < -0.3 is 10.1 Å². The van der Waals surface area contributed by atoms with Crippen molar-refractivity contribution in [2.45, 2.75) is 40.2 Å². The standard InChI is InChI=1S/C15H24ClNO/c1-4-8-17-10-13-6-7-15(14(16)9-13)18-11-12(3)5-2/h6-7,9,12,17H,4-5,8,10-11H2,1-3H3. The maximum Gasteiger partial charge on any atom is 0.137 e. The Balaban J connectivity index is 2.51. The van der Waals surface area contributed by atoms with Crippen LogP contribution in [-0.4, -0.2) is 13.2 Å². The van der Waals surface area contributed by atoms with Gasteiger partial charge in [0.1, 0.15) is 5.75 Å². The minimum atomic E-state index is 0.562. The van der Waals surface area contributed by atoms with Crippen LogP contribution in [0, 0.1) is 5.92 Å². The molecule has 0 amide bonds. The first-order valence-electron chi connectivity index (χ1n) is 6.79. The van der Waals surface area contributed by atoms with Crippen LogP contribution in [0.15, 0.2) is 18.2 Å². The van der Waals surface area contributed by atoms with Gasteiger partial charge in [-0.2, -0.15) is 0 Å². The molecule has 1 rings (SSSR count). The molecule has 0 radical (unpaired) electrons. The summed E-state index contributed by atoms with van der Waals surface area (Å²) in [5.74, 6) is 1.35. The quantitative estimate of drug-likeness (QED) is 0.712. The fourth-order valence-electron chi connectivity index (χ4n) is 1.53. The zero-order valence-electron chi connectivity index (χ0n) is 11.6. The SMILES string of the molecule is CCCNCc1ccc(OCC(C)CC)c(Cl)c1. The number of halogens is 1. The number of ether oxygens (including phenoxy) is 1. The van der Waals surface area contributed by atoms with Crippen molar-refractivity contribution >= 4 is 11.6 Å². The van der Waals surface area contributed by atoms with Gasteiger partial charge in [0.25, 0.3) is 0 Å². The molecule has 1 N–H and O–H groups in total. The normalized spacial score (nSPS) is 12.4. The van der Waals surface area contributed by atoms with E-state index in [9.17, 15) is 0 Å². The van der Waals surface area contributed by atoms with Crippen LogP contribution in [0.2, 0.25) is 5.02 Å². The van der Waals surface area contributed by atoms with Gasteiger partial charge in [0.2, 0.25) is 0 Å². The van der Waals surface area contributed by atoms with Gasteiger partial charge in [-0.3, -0.25) is 0 Å². The molecule has 0 aliphatic rings. The summed E-state index contributed by atoms with van der Waals surface area (Å²) in [5.41, 5.74) is 1.20. The topological polar surface area (TPSA) is 21.3 Å². The molecule has 18 heavy (non-hydrogen) atoms. The third-order valence-corrected chi connectivity index (χ3v) is 3.27. The van der Waals surface area contributed by atoms with Crippen molar-refractivity contribution in [1.82, 2.24) is 5.32 Å². The summed E-state index contributed by atoms with van der Waals surface area (Å²) in [6.45, 7) is 9.12. The molecule has 0 heterocycles. The molecule has 102 valence electrons. The first-order valence-corrected chi connectivity index (χ1v) is 7.17. The Labute approximate surface area is 116 Å². The van der Waals surface area contributed by atoms with Crippen LogP contribution < -0.4 is 10.1 Å². The number of nitrogens with one attached hydrogen (secondary N) is 1. The third-order valence-electron chi connectivity index (χ3n) is 2.97. The molecule has 1 aromatic rings. The fraction of sp³-hybridized carbons (Fsp3) is 0.600. The van der Waals surface area contributed by atoms with Gasteiger partial charge in [0, 0.05) is 6.54 Å². The summed E-state index contributed by atoms with van der Waals surface area (Å²) in [5, 5.41) is 4.06. The molecule has 0 saturated carbocycles.